The number of rotatable bonds is 3. The molecule has 0 bridgehead atoms. The predicted molar refractivity (Wildman–Crippen MR) is 57.4 cm³/mol. The quantitative estimate of drug-likeness (QED) is 0.802. The number of hydrogen-bond donors (Lipinski definition) is 2. The monoisotopic (exact) mass is 237 g/mol. The van der Waals surface area contributed by atoms with Crippen LogP contribution in [0.25, 0.3) is 0 Å². The molecule has 0 aromatic heterocycles. The molecule has 0 aliphatic carbocycles. The zero-order valence-corrected chi connectivity index (χ0v) is 9.31. The standard InChI is InChI=1S/C11H11NO5/c1-16-7-3-5-6(4-8(7)17-2)10(13)12-9(5)11(14)15/h3-4,9H,1-2H3,(H,12,13)(H,14,15)/t9-/m1/s1. The van der Waals surface area contributed by atoms with Crippen LogP contribution in [0, 0.1) is 0 Å². The molecule has 0 fully saturated rings. The highest BCUT2D eigenvalue weighted by atomic mass is 16.5. The highest BCUT2D eigenvalue weighted by Crippen LogP contribution is 2.36. The number of methoxy groups -OCH3 is 2. The number of aliphatic carboxylic acids is 1. The summed E-state index contributed by atoms with van der Waals surface area (Å²) in [6.45, 7) is 0. The van der Waals surface area contributed by atoms with Gasteiger partial charge in [0.2, 0.25) is 0 Å². The van der Waals surface area contributed by atoms with Gasteiger partial charge in [0.1, 0.15) is 0 Å². The Morgan fingerprint density at radius 1 is 1.29 bits per heavy atom. The first-order valence-corrected chi connectivity index (χ1v) is 4.88. The number of carboxylic acids is 1. The number of amides is 1. The Kier molecular flexibility index (Phi) is 2.63. The minimum atomic E-state index is -1.11. The van der Waals surface area contributed by atoms with Crippen LogP contribution in [-0.4, -0.2) is 31.2 Å². The van der Waals surface area contributed by atoms with Crippen molar-refractivity contribution < 1.29 is 24.2 Å². The van der Waals surface area contributed by atoms with Crippen LogP contribution in [0.2, 0.25) is 0 Å². The Morgan fingerprint density at radius 3 is 2.41 bits per heavy atom. The second-order valence-corrected chi connectivity index (χ2v) is 3.54. The van der Waals surface area contributed by atoms with Crippen molar-refractivity contribution in [3.63, 3.8) is 0 Å². The number of hydrogen-bond acceptors (Lipinski definition) is 4. The Morgan fingerprint density at radius 2 is 1.88 bits per heavy atom. The van der Waals surface area contributed by atoms with Gasteiger partial charge in [0.05, 0.1) is 14.2 Å². The molecule has 1 amide bonds. The molecule has 6 nitrogen and oxygen atoms in total. The summed E-state index contributed by atoms with van der Waals surface area (Å²) in [7, 11) is 2.90. The molecule has 1 aliphatic heterocycles. The summed E-state index contributed by atoms with van der Waals surface area (Å²) in [4.78, 5) is 22.6. The maximum atomic E-state index is 11.6. The molecule has 0 unspecified atom stereocenters. The lowest BCUT2D eigenvalue weighted by molar-refractivity contribution is -0.139. The third kappa shape index (κ3) is 1.67. The van der Waals surface area contributed by atoms with Crippen molar-refractivity contribution in [1.29, 1.82) is 0 Å². The van der Waals surface area contributed by atoms with Crippen LogP contribution in [0.15, 0.2) is 12.1 Å². The van der Waals surface area contributed by atoms with Crippen LogP contribution >= 0.6 is 0 Å². The van der Waals surface area contributed by atoms with Crippen molar-refractivity contribution in [1.82, 2.24) is 5.32 Å². The lowest BCUT2D eigenvalue weighted by Gasteiger charge is -2.10. The molecule has 6 heteroatoms. The smallest absolute Gasteiger partial charge is 0.330 e. The van der Waals surface area contributed by atoms with E-state index in [0.717, 1.165) is 0 Å². The normalized spacial score (nSPS) is 17.3. The minimum absolute atomic E-state index is 0.301. The van der Waals surface area contributed by atoms with Gasteiger partial charge in [-0.15, -0.1) is 0 Å². The Hall–Kier alpha value is -2.24. The molecule has 90 valence electrons. The van der Waals surface area contributed by atoms with Crippen molar-refractivity contribution in [3.05, 3.63) is 23.3 Å². The van der Waals surface area contributed by atoms with E-state index in [4.69, 9.17) is 14.6 Å². The lowest BCUT2D eigenvalue weighted by atomic mass is 10.0. The van der Waals surface area contributed by atoms with E-state index >= 15 is 0 Å². The maximum Gasteiger partial charge on any atom is 0.330 e. The summed E-state index contributed by atoms with van der Waals surface area (Å²) in [5, 5.41) is 11.4. The molecular formula is C11H11NO5. The SMILES string of the molecule is COc1cc2c(cc1OC)[C@H](C(=O)O)NC2=O. The number of benzene rings is 1. The number of carbonyl (C=O) groups excluding carboxylic acids is 1. The van der Waals surface area contributed by atoms with Crippen LogP contribution in [-0.2, 0) is 4.79 Å². The van der Waals surface area contributed by atoms with Gasteiger partial charge >= 0.3 is 5.97 Å². The largest absolute Gasteiger partial charge is 0.493 e. The second kappa shape index (κ2) is 3.97. The molecule has 1 aromatic rings. The van der Waals surface area contributed by atoms with Crippen molar-refractivity contribution in [3.8, 4) is 11.5 Å². The zero-order chi connectivity index (χ0) is 12.6. The molecule has 0 radical (unpaired) electrons. The molecule has 1 heterocycles. The highest BCUT2D eigenvalue weighted by Gasteiger charge is 2.35. The van der Waals surface area contributed by atoms with Gasteiger partial charge in [0.15, 0.2) is 17.5 Å². The van der Waals surface area contributed by atoms with Crippen molar-refractivity contribution in [2.24, 2.45) is 0 Å². The van der Waals surface area contributed by atoms with E-state index in [1.165, 1.54) is 26.4 Å². The first-order valence-electron chi connectivity index (χ1n) is 4.88. The number of fused-ring (bicyclic) bond motifs is 1. The first kappa shape index (κ1) is 11.3. The van der Waals surface area contributed by atoms with Crippen LogP contribution in [0.4, 0.5) is 0 Å². The van der Waals surface area contributed by atoms with Gasteiger partial charge < -0.3 is 19.9 Å². The molecule has 1 aromatic carbocycles. The molecular weight excluding hydrogens is 226 g/mol. The van der Waals surface area contributed by atoms with Gasteiger partial charge in [-0.05, 0) is 12.1 Å². The fraction of sp³-hybridized carbons (Fsp3) is 0.273. The van der Waals surface area contributed by atoms with Crippen LogP contribution < -0.4 is 14.8 Å². The summed E-state index contributed by atoms with van der Waals surface area (Å²) in [5.41, 5.74) is 0.690. The predicted octanol–water partition coefficient (Wildman–Crippen LogP) is 0.573. The van der Waals surface area contributed by atoms with E-state index in [0.29, 0.717) is 22.6 Å². The molecule has 2 N–H and O–H groups in total. The minimum Gasteiger partial charge on any atom is -0.493 e. The zero-order valence-electron chi connectivity index (χ0n) is 9.31. The summed E-state index contributed by atoms with van der Waals surface area (Å²) in [6.07, 6.45) is 0. The average Bonchev–Trinajstić information content (AvgIpc) is 2.64. The maximum absolute atomic E-state index is 11.6. The van der Waals surface area contributed by atoms with Crippen molar-refractivity contribution >= 4 is 11.9 Å². The van der Waals surface area contributed by atoms with Gasteiger partial charge in [-0.2, -0.15) is 0 Å². The van der Waals surface area contributed by atoms with Crippen molar-refractivity contribution in [2.75, 3.05) is 14.2 Å². The molecule has 1 aliphatic rings. The fourth-order valence-corrected chi connectivity index (χ4v) is 1.81. The van der Waals surface area contributed by atoms with Crippen LogP contribution in [0.5, 0.6) is 11.5 Å². The summed E-state index contributed by atoms with van der Waals surface area (Å²) >= 11 is 0. The van der Waals surface area contributed by atoms with Crippen LogP contribution in [0.3, 0.4) is 0 Å². The van der Waals surface area contributed by atoms with Gasteiger partial charge in [-0.3, -0.25) is 4.79 Å². The summed E-state index contributed by atoms with van der Waals surface area (Å²) in [5.74, 6) is -0.737. The van der Waals surface area contributed by atoms with E-state index in [9.17, 15) is 9.59 Å². The Bertz CT molecular complexity index is 497. The third-order valence-electron chi connectivity index (χ3n) is 2.63. The Balaban J connectivity index is 2.58. The van der Waals surface area contributed by atoms with Crippen molar-refractivity contribution in [2.45, 2.75) is 6.04 Å². The van der Waals surface area contributed by atoms with E-state index < -0.39 is 17.9 Å². The van der Waals surface area contributed by atoms with Gasteiger partial charge in [-0.1, -0.05) is 0 Å². The number of nitrogens with one attached hydrogen (secondary N) is 1. The van der Waals surface area contributed by atoms with Gasteiger partial charge in [0.25, 0.3) is 5.91 Å². The van der Waals surface area contributed by atoms with Gasteiger partial charge in [0, 0.05) is 11.1 Å². The average molecular weight is 237 g/mol. The number of carboxylic acid groups (broad SMARTS) is 1. The first-order chi connectivity index (χ1) is 8.08. The van der Waals surface area contributed by atoms with E-state index in [-0.39, 0.29) is 0 Å². The number of ether oxygens (including phenoxy) is 2. The summed E-state index contributed by atoms with van der Waals surface area (Å²) in [6, 6.07) is 1.95. The molecule has 0 spiro atoms. The molecule has 2 rings (SSSR count). The topological polar surface area (TPSA) is 84.9 Å². The summed E-state index contributed by atoms with van der Waals surface area (Å²) < 4.78 is 10.1. The van der Waals surface area contributed by atoms with E-state index in [2.05, 4.69) is 5.32 Å². The lowest BCUT2D eigenvalue weighted by Crippen LogP contribution is -2.25. The number of carbonyl (C=O) groups is 2. The fourth-order valence-electron chi connectivity index (χ4n) is 1.81. The Labute approximate surface area is 97.1 Å². The van der Waals surface area contributed by atoms with E-state index in [1.54, 1.807) is 0 Å². The second-order valence-electron chi connectivity index (χ2n) is 3.54. The molecule has 17 heavy (non-hydrogen) atoms. The molecule has 1 atom stereocenters. The highest BCUT2D eigenvalue weighted by molar-refractivity contribution is 6.04. The molecule has 0 saturated heterocycles. The van der Waals surface area contributed by atoms with E-state index in [1.807, 2.05) is 0 Å². The van der Waals surface area contributed by atoms with Gasteiger partial charge in [-0.25, -0.2) is 4.79 Å². The molecule has 0 saturated carbocycles. The third-order valence-corrected chi connectivity index (χ3v) is 2.63. The van der Waals surface area contributed by atoms with Crippen LogP contribution in [0.1, 0.15) is 22.0 Å².